The average molecular weight is 237 g/mol. The van der Waals surface area contributed by atoms with E-state index in [1.807, 2.05) is 11.7 Å². The van der Waals surface area contributed by atoms with Crippen molar-refractivity contribution in [3.05, 3.63) is 17.5 Å². The average Bonchev–Trinajstić information content (AvgIpc) is 2.86. The Hall–Kier alpha value is -0.870. The third kappa shape index (κ3) is 3.07. The van der Waals surface area contributed by atoms with Crippen LogP contribution in [0.3, 0.4) is 0 Å². The van der Waals surface area contributed by atoms with Crippen molar-refractivity contribution in [1.82, 2.24) is 15.1 Å². The number of aryl methyl sites for hydroxylation is 2. The van der Waals surface area contributed by atoms with Crippen molar-refractivity contribution in [1.29, 1.82) is 0 Å². The monoisotopic (exact) mass is 237 g/mol. The summed E-state index contributed by atoms with van der Waals surface area (Å²) in [6, 6.07) is 0. The van der Waals surface area contributed by atoms with E-state index in [-0.39, 0.29) is 0 Å². The van der Waals surface area contributed by atoms with Gasteiger partial charge in [0.1, 0.15) is 0 Å². The van der Waals surface area contributed by atoms with Crippen LogP contribution in [0.5, 0.6) is 0 Å². The van der Waals surface area contributed by atoms with Gasteiger partial charge in [-0.15, -0.1) is 0 Å². The van der Waals surface area contributed by atoms with Gasteiger partial charge in [-0.25, -0.2) is 0 Å². The molecule has 17 heavy (non-hydrogen) atoms. The lowest BCUT2D eigenvalue weighted by Crippen LogP contribution is -2.28. The van der Waals surface area contributed by atoms with Gasteiger partial charge >= 0.3 is 0 Å². The molecule has 0 amide bonds. The Bertz CT molecular complexity index is 362. The second kappa shape index (κ2) is 5.65. The lowest BCUT2D eigenvalue weighted by Gasteiger charge is -2.17. The lowest BCUT2D eigenvalue weighted by atomic mass is 9.99. The molecule has 1 fully saturated rings. The molecule has 1 aliphatic heterocycles. The van der Waals surface area contributed by atoms with E-state index in [2.05, 4.69) is 30.5 Å². The van der Waals surface area contributed by atoms with Gasteiger partial charge in [-0.05, 0) is 25.7 Å². The van der Waals surface area contributed by atoms with Crippen LogP contribution < -0.4 is 5.32 Å². The van der Waals surface area contributed by atoms with Crippen molar-refractivity contribution in [3.63, 3.8) is 0 Å². The van der Waals surface area contributed by atoms with Crippen molar-refractivity contribution in [3.8, 4) is 0 Å². The summed E-state index contributed by atoms with van der Waals surface area (Å²) in [5.74, 6) is 0.678. The van der Waals surface area contributed by atoms with Gasteiger partial charge in [0.05, 0.1) is 11.8 Å². The highest BCUT2D eigenvalue weighted by molar-refractivity contribution is 5.14. The zero-order valence-electron chi connectivity index (χ0n) is 11.1. The zero-order chi connectivity index (χ0) is 12.3. The molecule has 0 saturated carbocycles. The molecule has 1 N–H and O–H groups in total. The fourth-order valence-electron chi connectivity index (χ4n) is 2.59. The Morgan fingerprint density at radius 3 is 3.06 bits per heavy atom. The van der Waals surface area contributed by atoms with Crippen LogP contribution in [0, 0.1) is 12.8 Å². The first-order valence-electron chi connectivity index (χ1n) is 6.52. The SMILES string of the molecule is CCC1OCCC1CNCc1cn(C)nc1C. The van der Waals surface area contributed by atoms with Crippen LogP contribution in [0.25, 0.3) is 0 Å². The molecule has 0 radical (unpaired) electrons. The van der Waals surface area contributed by atoms with Crippen molar-refractivity contribution >= 4 is 0 Å². The number of nitrogens with one attached hydrogen (secondary N) is 1. The molecule has 0 aromatic carbocycles. The Kier molecular flexibility index (Phi) is 4.18. The molecule has 1 aromatic rings. The van der Waals surface area contributed by atoms with Gasteiger partial charge in [-0.3, -0.25) is 4.68 Å². The number of hydrogen-bond donors (Lipinski definition) is 1. The minimum atomic E-state index is 0.456. The summed E-state index contributed by atoms with van der Waals surface area (Å²) in [7, 11) is 1.97. The third-order valence-electron chi connectivity index (χ3n) is 3.59. The summed E-state index contributed by atoms with van der Waals surface area (Å²) in [4.78, 5) is 0. The molecule has 2 rings (SSSR count). The molecule has 0 bridgehead atoms. The lowest BCUT2D eigenvalue weighted by molar-refractivity contribution is 0.0872. The van der Waals surface area contributed by atoms with Crippen LogP contribution in [0.1, 0.15) is 31.0 Å². The summed E-state index contributed by atoms with van der Waals surface area (Å²) in [6.45, 7) is 7.15. The van der Waals surface area contributed by atoms with Gasteiger partial charge in [0.15, 0.2) is 0 Å². The minimum Gasteiger partial charge on any atom is -0.378 e. The van der Waals surface area contributed by atoms with Crippen LogP contribution in [0.4, 0.5) is 0 Å². The predicted octanol–water partition coefficient (Wildman–Crippen LogP) is 1.63. The molecule has 4 heteroatoms. The molecule has 1 aromatic heterocycles. The summed E-state index contributed by atoms with van der Waals surface area (Å²) in [5.41, 5.74) is 2.41. The first kappa shape index (κ1) is 12.6. The highest BCUT2D eigenvalue weighted by atomic mass is 16.5. The van der Waals surface area contributed by atoms with Crippen molar-refractivity contribution in [2.75, 3.05) is 13.2 Å². The molecule has 4 nitrogen and oxygen atoms in total. The maximum absolute atomic E-state index is 5.69. The molecule has 0 aliphatic carbocycles. The van der Waals surface area contributed by atoms with E-state index in [1.165, 1.54) is 12.0 Å². The minimum absolute atomic E-state index is 0.456. The summed E-state index contributed by atoms with van der Waals surface area (Å²) >= 11 is 0. The van der Waals surface area contributed by atoms with Gasteiger partial charge in [-0.1, -0.05) is 6.92 Å². The largest absolute Gasteiger partial charge is 0.378 e. The number of rotatable bonds is 5. The molecular formula is C13H23N3O. The normalized spacial score (nSPS) is 24.4. The standard InChI is InChI=1S/C13H23N3O/c1-4-13-11(5-6-17-13)7-14-8-12-9-16(3)15-10(12)2/h9,11,13-14H,4-8H2,1-3H3. The van der Waals surface area contributed by atoms with Crippen molar-refractivity contribution < 1.29 is 4.74 Å². The Labute approximate surface area is 103 Å². The highest BCUT2D eigenvalue weighted by Crippen LogP contribution is 2.22. The fourth-order valence-corrected chi connectivity index (χ4v) is 2.59. The van der Waals surface area contributed by atoms with Crippen LogP contribution in [0.2, 0.25) is 0 Å². The van der Waals surface area contributed by atoms with Crippen LogP contribution in [-0.4, -0.2) is 29.0 Å². The first-order chi connectivity index (χ1) is 8.20. The van der Waals surface area contributed by atoms with Crippen LogP contribution >= 0.6 is 0 Å². The van der Waals surface area contributed by atoms with Crippen molar-refractivity contribution in [2.45, 2.75) is 39.3 Å². The number of ether oxygens (including phenoxy) is 1. The van der Waals surface area contributed by atoms with E-state index >= 15 is 0 Å². The van der Waals surface area contributed by atoms with E-state index in [9.17, 15) is 0 Å². The Morgan fingerprint density at radius 2 is 2.41 bits per heavy atom. The topological polar surface area (TPSA) is 39.1 Å². The third-order valence-corrected chi connectivity index (χ3v) is 3.59. The molecular weight excluding hydrogens is 214 g/mol. The molecule has 2 unspecified atom stereocenters. The van der Waals surface area contributed by atoms with Gasteiger partial charge < -0.3 is 10.1 Å². The summed E-state index contributed by atoms with van der Waals surface area (Å²) in [6.07, 6.45) is 4.86. The van der Waals surface area contributed by atoms with Gasteiger partial charge in [0.25, 0.3) is 0 Å². The fraction of sp³-hybridized carbons (Fsp3) is 0.769. The van der Waals surface area contributed by atoms with E-state index in [1.54, 1.807) is 0 Å². The molecule has 96 valence electrons. The Balaban J connectivity index is 1.77. The summed E-state index contributed by atoms with van der Waals surface area (Å²) < 4.78 is 7.56. The molecule has 2 heterocycles. The van der Waals surface area contributed by atoms with Gasteiger partial charge in [-0.2, -0.15) is 5.10 Å². The smallest absolute Gasteiger partial charge is 0.0638 e. The zero-order valence-corrected chi connectivity index (χ0v) is 11.1. The molecule has 0 spiro atoms. The maximum atomic E-state index is 5.69. The van der Waals surface area contributed by atoms with Crippen molar-refractivity contribution in [2.24, 2.45) is 13.0 Å². The number of aromatic nitrogens is 2. The maximum Gasteiger partial charge on any atom is 0.0638 e. The van der Waals surface area contributed by atoms with E-state index in [0.29, 0.717) is 12.0 Å². The van der Waals surface area contributed by atoms with Crippen LogP contribution in [-0.2, 0) is 18.3 Å². The van der Waals surface area contributed by atoms with E-state index < -0.39 is 0 Å². The molecule has 1 aliphatic rings. The van der Waals surface area contributed by atoms with Crippen LogP contribution in [0.15, 0.2) is 6.20 Å². The highest BCUT2D eigenvalue weighted by Gasteiger charge is 2.25. The van der Waals surface area contributed by atoms with E-state index in [4.69, 9.17) is 4.74 Å². The molecule has 1 saturated heterocycles. The number of hydrogen-bond acceptors (Lipinski definition) is 3. The summed E-state index contributed by atoms with van der Waals surface area (Å²) in [5, 5.41) is 7.87. The first-order valence-corrected chi connectivity index (χ1v) is 6.52. The Morgan fingerprint density at radius 1 is 1.59 bits per heavy atom. The van der Waals surface area contributed by atoms with Gasteiger partial charge in [0, 0.05) is 38.5 Å². The predicted molar refractivity (Wildman–Crippen MR) is 67.8 cm³/mol. The molecule has 2 atom stereocenters. The number of nitrogens with zero attached hydrogens (tertiary/aromatic N) is 2. The quantitative estimate of drug-likeness (QED) is 0.846. The van der Waals surface area contributed by atoms with E-state index in [0.717, 1.165) is 31.8 Å². The van der Waals surface area contributed by atoms with Gasteiger partial charge in [0.2, 0.25) is 0 Å². The second-order valence-corrected chi connectivity index (χ2v) is 4.91. The second-order valence-electron chi connectivity index (χ2n) is 4.91.